The van der Waals surface area contributed by atoms with Gasteiger partial charge in [0.2, 0.25) is 0 Å². The fourth-order valence-corrected chi connectivity index (χ4v) is 16.2. The minimum atomic E-state index is -0.241. The highest BCUT2D eigenvalue weighted by Crippen LogP contribution is 2.57. The molecule has 0 aliphatic heterocycles. The van der Waals surface area contributed by atoms with Crippen molar-refractivity contribution in [2.24, 2.45) is 0 Å². The van der Waals surface area contributed by atoms with Gasteiger partial charge in [-0.15, -0.1) is 13.2 Å². The van der Waals surface area contributed by atoms with Gasteiger partial charge in [-0.25, -0.2) is 0 Å². The molecule has 0 heterocycles. The molecule has 0 aromatic heterocycles. The Hall–Kier alpha value is -10.3. The lowest BCUT2D eigenvalue weighted by atomic mass is 9.69. The molecule has 0 N–H and O–H groups in total. The molecule has 2 aliphatic carbocycles. The number of nitrogens with zero attached hydrogens (tertiary/aromatic N) is 2. The van der Waals surface area contributed by atoms with Crippen LogP contribution in [0, 0.1) is 13.8 Å². The third-order valence-electron chi connectivity index (χ3n) is 21.2. The molecule has 2 nitrogen and oxygen atoms in total. The number of rotatable bonds is 27. The van der Waals surface area contributed by atoms with E-state index in [1.807, 2.05) is 13.8 Å². The van der Waals surface area contributed by atoms with Gasteiger partial charge in [0.05, 0.1) is 0 Å². The molecule has 0 amide bonds. The zero-order valence-electron chi connectivity index (χ0n) is 61.5. The molecule has 2 aliphatic rings. The quantitative estimate of drug-likeness (QED) is 0.0374. The van der Waals surface area contributed by atoms with E-state index in [4.69, 9.17) is 0 Å². The Morgan fingerprint density at radius 1 is 0.275 bits per heavy atom. The van der Waals surface area contributed by atoms with Gasteiger partial charge in [-0.2, -0.15) is 0 Å². The SMILES string of the molecule is C=CC.C=CC.CCCCCCCCC1(CCCCCCCC)c2cc(-c3ccc(N(c4ccccc4)c4ccc(C)cc4)cc3)ccc2-c2ccc(-c3ccc(N(c4ccccc4)c4ccc(-c5ccc6c(c5)C(Cc5ccccc5)(Cc5ccccc5)c5cc(C)ccc5-6)cc4)cc3)cc21. The number of fused-ring (bicyclic) bond motifs is 6. The highest BCUT2D eigenvalue weighted by molar-refractivity contribution is 5.89. The lowest BCUT2D eigenvalue weighted by Crippen LogP contribution is -2.31. The van der Waals surface area contributed by atoms with Crippen LogP contribution in [0.25, 0.3) is 55.6 Å². The van der Waals surface area contributed by atoms with Gasteiger partial charge in [0, 0.05) is 45.0 Å². The van der Waals surface area contributed by atoms with Gasteiger partial charge in [0.25, 0.3) is 0 Å². The molecule has 514 valence electrons. The summed E-state index contributed by atoms with van der Waals surface area (Å²) < 4.78 is 0. The molecule has 0 fully saturated rings. The van der Waals surface area contributed by atoms with Crippen molar-refractivity contribution >= 4 is 34.1 Å². The molecular formula is C100H104N2. The van der Waals surface area contributed by atoms with Crippen molar-refractivity contribution in [1.29, 1.82) is 0 Å². The normalized spacial score (nSPS) is 12.5. The van der Waals surface area contributed by atoms with Crippen molar-refractivity contribution in [2.75, 3.05) is 9.80 Å². The molecule has 0 unspecified atom stereocenters. The Kier molecular flexibility index (Phi) is 24.1. The summed E-state index contributed by atoms with van der Waals surface area (Å²) in [5.74, 6) is 0. The average Bonchev–Trinajstić information content (AvgIpc) is 1.57. The monoisotopic (exact) mass is 1330 g/mol. The molecule has 12 aromatic carbocycles. The Balaban J connectivity index is 0.00000158. The second-order valence-electron chi connectivity index (χ2n) is 28.5. The van der Waals surface area contributed by atoms with Crippen molar-refractivity contribution in [2.45, 2.75) is 155 Å². The van der Waals surface area contributed by atoms with Crippen LogP contribution in [0.2, 0.25) is 0 Å². The highest BCUT2D eigenvalue weighted by atomic mass is 15.1. The lowest BCUT2D eigenvalue weighted by molar-refractivity contribution is 0.398. The standard InChI is InChI=1S/C94H92N2.2C3H6/c1-5-7-9-11-13-27-61-93(62-28-14-12-10-8-6-2)90-64-76(73-40-51-82(52-41-73)95(79-33-23-17-24-34-79)81-49-37-69(3)38-50-81)46-58-86(90)87-59-47-77(65-91(87)93)74-42-53-83(54-43-74)96(80-35-25-18-26-36-80)84-55-44-75(45-56-84)78-48-60-88-85-57-39-70(4)63-89(85)94(92(88)66-78,67-71-29-19-15-20-30-71)68-72-31-21-16-22-32-72;2*1-3-2/h15-26,29-60,63-66H,5-14,27-28,61-62,67-68H2,1-4H3;2*3H,1H2,2H3. The third-order valence-corrected chi connectivity index (χ3v) is 21.2. The van der Waals surface area contributed by atoms with Crippen LogP contribution in [0.5, 0.6) is 0 Å². The molecule has 0 radical (unpaired) electrons. The van der Waals surface area contributed by atoms with Gasteiger partial charge >= 0.3 is 0 Å². The first-order valence-corrected chi connectivity index (χ1v) is 38.0. The average molecular weight is 1330 g/mol. The van der Waals surface area contributed by atoms with Crippen LogP contribution < -0.4 is 9.80 Å². The summed E-state index contributed by atoms with van der Waals surface area (Å²) >= 11 is 0. The first-order chi connectivity index (χ1) is 50.1. The molecule has 12 aromatic rings. The van der Waals surface area contributed by atoms with Crippen LogP contribution in [0.1, 0.15) is 162 Å². The zero-order chi connectivity index (χ0) is 70.7. The van der Waals surface area contributed by atoms with Crippen molar-refractivity contribution < 1.29 is 0 Å². The van der Waals surface area contributed by atoms with E-state index in [2.05, 4.69) is 342 Å². The number of allylic oxidation sites excluding steroid dienone is 2. The number of unbranched alkanes of at least 4 members (excludes halogenated alkanes) is 10. The van der Waals surface area contributed by atoms with Crippen molar-refractivity contribution in [3.63, 3.8) is 0 Å². The Labute approximate surface area is 611 Å². The molecule has 0 saturated heterocycles. The predicted molar refractivity (Wildman–Crippen MR) is 442 cm³/mol. The fraction of sp³-hybridized carbons (Fsp3) is 0.240. The van der Waals surface area contributed by atoms with Gasteiger partial charge in [0.15, 0.2) is 0 Å². The first kappa shape index (κ1) is 71.5. The first-order valence-electron chi connectivity index (χ1n) is 38.0. The summed E-state index contributed by atoms with van der Waals surface area (Å²) in [5.41, 5.74) is 30.8. The van der Waals surface area contributed by atoms with E-state index in [0.717, 1.165) is 59.8 Å². The Morgan fingerprint density at radius 2 is 0.539 bits per heavy atom. The summed E-state index contributed by atoms with van der Waals surface area (Å²) in [6.07, 6.45) is 23.1. The Morgan fingerprint density at radius 3 is 0.892 bits per heavy atom. The van der Waals surface area contributed by atoms with E-state index in [-0.39, 0.29) is 10.8 Å². The molecule has 2 heteroatoms. The van der Waals surface area contributed by atoms with Gasteiger partial charge in [-0.3, -0.25) is 0 Å². The lowest BCUT2D eigenvalue weighted by Gasteiger charge is -2.33. The largest absolute Gasteiger partial charge is 0.311 e. The smallest absolute Gasteiger partial charge is 0.0462 e. The molecule has 0 bridgehead atoms. The van der Waals surface area contributed by atoms with Crippen LogP contribution in [-0.2, 0) is 23.7 Å². The van der Waals surface area contributed by atoms with Crippen molar-refractivity contribution in [1.82, 2.24) is 0 Å². The summed E-state index contributed by atoms with van der Waals surface area (Å²) in [5, 5.41) is 0. The predicted octanol–water partition coefficient (Wildman–Crippen LogP) is 29.1. The summed E-state index contributed by atoms with van der Waals surface area (Å²) in [7, 11) is 0. The van der Waals surface area contributed by atoms with Crippen LogP contribution in [0.4, 0.5) is 34.1 Å². The molecular weight excluding hydrogens is 1230 g/mol. The molecule has 0 atom stereocenters. The van der Waals surface area contributed by atoms with E-state index < -0.39 is 0 Å². The van der Waals surface area contributed by atoms with E-state index in [1.54, 1.807) is 12.2 Å². The minimum Gasteiger partial charge on any atom is -0.311 e. The second kappa shape index (κ2) is 34.4. The minimum absolute atomic E-state index is 0.0880. The van der Waals surface area contributed by atoms with Crippen molar-refractivity contribution in [3.05, 3.63) is 361 Å². The second-order valence-corrected chi connectivity index (χ2v) is 28.5. The maximum Gasteiger partial charge on any atom is 0.0462 e. The third kappa shape index (κ3) is 16.1. The number of benzene rings is 12. The van der Waals surface area contributed by atoms with E-state index in [0.29, 0.717) is 0 Å². The van der Waals surface area contributed by atoms with Gasteiger partial charge in [0.1, 0.15) is 0 Å². The van der Waals surface area contributed by atoms with E-state index in [1.165, 1.54) is 177 Å². The summed E-state index contributed by atoms with van der Waals surface area (Å²) in [6, 6.07) is 110. The summed E-state index contributed by atoms with van der Waals surface area (Å²) in [6.45, 7) is 19.6. The van der Waals surface area contributed by atoms with Crippen LogP contribution in [0.15, 0.2) is 316 Å². The zero-order valence-corrected chi connectivity index (χ0v) is 61.5. The van der Waals surface area contributed by atoms with Crippen LogP contribution >= 0.6 is 0 Å². The number of hydrogen-bond acceptors (Lipinski definition) is 2. The van der Waals surface area contributed by atoms with Crippen molar-refractivity contribution in [3.8, 4) is 55.6 Å². The molecule has 14 rings (SSSR count). The van der Waals surface area contributed by atoms with Crippen LogP contribution in [-0.4, -0.2) is 0 Å². The topological polar surface area (TPSA) is 6.48 Å². The van der Waals surface area contributed by atoms with Gasteiger partial charge < -0.3 is 9.80 Å². The highest BCUT2D eigenvalue weighted by Gasteiger charge is 2.45. The molecule has 0 saturated carbocycles. The van der Waals surface area contributed by atoms with Gasteiger partial charge in [-0.1, -0.05) is 314 Å². The van der Waals surface area contributed by atoms with E-state index in [9.17, 15) is 0 Å². The number of anilines is 6. The van der Waals surface area contributed by atoms with E-state index >= 15 is 0 Å². The Bertz CT molecular complexity index is 4580. The molecule has 0 spiro atoms. The number of aryl methyl sites for hydroxylation is 2. The maximum absolute atomic E-state index is 3.36. The fourth-order valence-electron chi connectivity index (χ4n) is 16.2. The van der Waals surface area contributed by atoms with Crippen LogP contribution in [0.3, 0.4) is 0 Å². The molecule has 102 heavy (non-hydrogen) atoms. The summed E-state index contributed by atoms with van der Waals surface area (Å²) in [4.78, 5) is 4.79. The maximum atomic E-state index is 3.36. The number of hydrogen-bond donors (Lipinski definition) is 0. The van der Waals surface area contributed by atoms with Gasteiger partial charge in [-0.05, 0) is 233 Å². The number of para-hydroxylation sites is 2.